The molecule has 62 valence electrons. The first kappa shape index (κ1) is 8.19. The predicted octanol–water partition coefficient (Wildman–Crippen LogP) is 0.427. The van der Waals surface area contributed by atoms with E-state index in [4.69, 9.17) is 10.2 Å². The van der Waals surface area contributed by atoms with Crippen LogP contribution >= 0.6 is 11.8 Å². The molecule has 11 heavy (non-hydrogen) atoms. The first-order valence-corrected chi connectivity index (χ1v) is 4.54. The van der Waals surface area contributed by atoms with Crippen molar-refractivity contribution in [2.24, 2.45) is 0 Å². The van der Waals surface area contributed by atoms with Crippen molar-refractivity contribution in [3.63, 3.8) is 0 Å². The van der Waals surface area contributed by atoms with Crippen molar-refractivity contribution in [1.82, 2.24) is 10.2 Å². The minimum atomic E-state index is 0.0941. The lowest BCUT2D eigenvalue weighted by Gasteiger charge is -1.96. The molecule has 0 aromatic carbocycles. The molecule has 0 saturated carbocycles. The fraction of sp³-hybridized carbons (Fsp3) is 0.600. The van der Waals surface area contributed by atoms with Crippen molar-refractivity contribution in [3.05, 3.63) is 0 Å². The molecule has 0 fully saturated rings. The van der Waals surface area contributed by atoms with Gasteiger partial charge < -0.3 is 15.5 Å². The summed E-state index contributed by atoms with van der Waals surface area (Å²) < 4.78 is 4.87. The molecule has 0 bridgehead atoms. The van der Waals surface area contributed by atoms with E-state index in [1.54, 1.807) is 11.8 Å². The average molecular weight is 174 g/mol. The zero-order chi connectivity index (χ0) is 8.10. The van der Waals surface area contributed by atoms with Crippen molar-refractivity contribution in [3.8, 4) is 0 Å². The van der Waals surface area contributed by atoms with E-state index in [2.05, 4.69) is 15.5 Å². The van der Waals surface area contributed by atoms with Crippen LogP contribution in [0, 0.1) is 0 Å². The highest BCUT2D eigenvalue weighted by atomic mass is 32.2. The molecule has 6 heteroatoms. The van der Waals surface area contributed by atoms with Crippen LogP contribution in [-0.4, -0.2) is 28.8 Å². The van der Waals surface area contributed by atoms with E-state index in [1.807, 2.05) is 6.26 Å². The zero-order valence-electron chi connectivity index (χ0n) is 6.20. The number of thioether (sulfide) groups is 1. The lowest BCUT2D eigenvalue weighted by molar-refractivity contribution is 0.588. The Hall–Kier alpha value is -0.910. The summed E-state index contributed by atoms with van der Waals surface area (Å²) in [6, 6.07) is 0.480. The number of anilines is 2. The van der Waals surface area contributed by atoms with Gasteiger partial charge in [0.25, 0.3) is 0 Å². The summed E-state index contributed by atoms with van der Waals surface area (Å²) >= 11 is 1.74. The molecular formula is C5H10N4OS. The Balaban J connectivity index is 2.27. The molecule has 0 aliphatic carbocycles. The van der Waals surface area contributed by atoms with Crippen LogP contribution in [0.1, 0.15) is 0 Å². The van der Waals surface area contributed by atoms with E-state index >= 15 is 0 Å². The van der Waals surface area contributed by atoms with E-state index in [0.717, 1.165) is 12.3 Å². The minimum absolute atomic E-state index is 0.0941. The second-order valence-corrected chi connectivity index (χ2v) is 2.85. The first-order valence-electron chi connectivity index (χ1n) is 3.14. The highest BCUT2D eigenvalue weighted by Crippen LogP contribution is 2.05. The number of hydrogen-bond donors (Lipinski definition) is 2. The van der Waals surface area contributed by atoms with Gasteiger partial charge >= 0.3 is 12.0 Å². The van der Waals surface area contributed by atoms with Crippen LogP contribution in [0.25, 0.3) is 0 Å². The molecule has 0 radical (unpaired) electrons. The SMILES string of the molecule is CSCCNc1nnc(N)o1. The molecule has 0 unspecified atom stereocenters. The van der Waals surface area contributed by atoms with Crippen LogP contribution < -0.4 is 11.1 Å². The molecular weight excluding hydrogens is 164 g/mol. The Labute approximate surface area is 68.7 Å². The molecule has 5 nitrogen and oxygen atoms in total. The van der Waals surface area contributed by atoms with E-state index < -0.39 is 0 Å². The normalized spacial score (nSPS) is 9.91. The van der Waals surface area contributed by atoms with Crippen molar-refractivity contribution >= 4 is 23.8 Å². The molecule has 1 rings (SSSR count). The number of nitrogens with zero attached hydrogens (tertiary/aromatic N) is 2. The predicted molar refractivity (Wildman–Crippen MR) is 45.6 cm³/mol. The van der Waals surface area contributed by atoms with Crippen molar-refractivity contribution < 1.29 is 4.42 Å². The molecule has 0 amide bonds. The highest BCUT2D eigenvalue weighted by molar-refractivity contribution is 7.98. The summed E-state index contributed by atoms with van der Waals surface area (Å²) in [6.45, 7) is 0.808. The Kier molecular flexibility index (Phi) is 3.03. The maximum atomic E-state index is 5.20. The van der Waals surface area contributed by atoms with E-state index in [1.165, 1.54) is 0 Å². The second kappa shape index (κ2) is 4.07. The Bertz CT molecular complexity index is 214. The van der Waals surface area contributed by atoms with Crippen molar-refractivity contribution in [2.45, 2.75) is 0 Å². The Morgan fingerprint density at radius 2 is 2.45 bits per heavy atom. The monoisotopic (exact) mass is 174 g/mol. The summed E-state index contributed by atoms with van der Waals surface area (Å²) in [7, 11) is 0. The molecule has 1 aromatic rings. The molecule has 3 N–H and O–H groups in total. The molecule has 1 aromatic heterocycles. The largest absolute Gasteiger partial charge is 0.390 e. The quantitative estimate of drug-likeness (QED) is 0.644. The van der Waals surface area contributed by atoms with Crippen LogP contribution in [0.5, 0.6) is 0 Å². The van der Waals surface area contributed by atoms with Gasteiger partial charge in [-0.25, -0.2) is 0 Å². The number of nitrogen functional groups attached to an aromatic ring is 1. The second-order valence-electron chi connectivity index (χ2n) is 1.87. The molecule has 0 spiro atoms. The number of rotatable bonds is 4. The fourth-order valence-electron chi connectivity index (χ4n) is 0.566. The summed E-state index contributed by atoms with van der Waals surface area (Å²) in [5.74, 6) is 1.00. The Morgan fingerprint density at radius 3 is 3.00 bits per heavy atom. The van der Waals surface area contributed by atoms with Crippen LogP contribution in [0.2, 0.25) is 0 Å². The Morgan fingerprint density at radius 1 is 1.64 bits per heavy atom. The topological polar surface area (TPSA) is 77.0 Å². The summed E-state index contributed by atoms with van der Waals surface area (Å²) in [4.78, 5) is 0. The highest BCUT2D eigenvalue weighted by Gasteiger charge is 1.98. The van der Waals surface area contributed by atoms with Gasteiger partial charge in [-0.1, -0.05) is 10.2 Å². The van der Waals surface area contributed by atoms with Gasteiger partial charge in [-0.05, 0) is 6.26 Å². The number of nitrogens with one attached hydrogen (secondary N) is 1. The van der Waals surface area contributed by atoms with Gasteiger partial charge in [-0.2, -0.15) is 11.8 Å². The first-order chi connectivity index (χ1) is 5.33. The van der Waals surface area contributed by atoms with Gasteiger partial charge in [0.15, 0.2) is 0 Å². The lowest BCUT2D eigenvalue weighted by atomic mass is 10.7. The van der Waals surface area contributed by atoms with Gasteiger partial charge in [-0.15, -0.1) is 0 Å². The summed E-state index contributed by atoms with van der Waals surface area (Å²) in [5.41, 5.74) is 5.20. The molecule has 0 saturated heterocycles. The van der Waals surface area contributed by atoms with Crippen molar-refractivity contribution in [2.75, 3.05) is 29.6 Å². The minimum Gasteiger partial charge on any atom is -0.390 e. The third kappa shape index (κ3) is 2.67. The van der Waals surface area contributed by atoms with Gasteiger partial charge in [0.05, 0.1) is 0 Å². The maximum absolute atomic E-state index is 5.20. The number of aromatic nitrogens is 2. The molecule has 0 aliphatic rings. The maximum Gasteiger partial charge on any atom is 0.316 e. The van der Waals surface area contributed by atoms with Gasteiger partial charge in [0.1, 0.15) is 0 Å². The fourth-order valence-corrected chi connectivity index (χ4v) is 0.872. The summed E-state index contributed by atoms with van der Waals surface area (Å²) in [5, 5.41) is 10.0. The van der Waals surface area contributed by atoms with Crippen LogP contribution in [0.3, 0.4) is 0 Å². The number of hydrogen-bond acceptors (Lipinski definition) is 6. The van der Waals surface area contributed by atoms with Crippen molar-refractivity contribution in [1.29, 1.82) is 0 Å². The molecule has 1 heterocycles. The third-order valence-electron chi connectivity index (χ3n) is 1.02. The third-order valence-corrected chi connectivity index (χ3v) is 1.64. The van der Waals surface area contributed by atoms with Crippen LogP contribution in [-0.2, 0) is 0 Å². The number of nitrogens with two attached hydrogens (primary N) is 1. The van der Waals surface area contributed by atoms with E-state index in [0.29, 0.717) is 6.01 Å². The average Bonchev–Trinajstić information content (AvgIpc) is 2.37. The lowest BCUT2D eigenvalue weighted by Crippen LogP contribution is -2.03. The van der Waals surface area contributed by atoms with E-state index in [9.17, 15) is 0 Å². The van der Waals surface area contributed by atoms with Gasteiger partial charge in [0, 0.05) is 12.3 Å². The smallest absolute Gasteiger partial charge is 0.316 e. The molecule has 0 aliphatic heterocycles. The zero-order valence-corrected chi connectivity index (χ0v) is 7.02. The van der Waals surface area contributed by atoms with Crippen LogP contribution in [0.15, 0.2) is 4.42 Å². The van der Waals surface area contributed by atoms with Gasteiger partial charge in [-0.3, -0.25) is 0 Å². The van der Waals surface area contributed by atoms with Gasteiger partial charge in [0.2, 0.25) is 0 Å². The molecule has 0 atom stereocenters. The standard InChI is InChI=1S/C5H10N4OS/c1-11-3-2-7-5-9-8-4(6)10-5/h2-3H2,1H3,(H2,6,8)(H,7,9). The van der Waals surface area contributed by atoms with Crippen LogP contribution in [0.4, 0.5) is 12.0 Å². The van der Waals surface area contributed by atoms with E-state index in [-0.39, 0.29) is 6.01 Å². The summed E-state index contributed by atoms with van der Waals surface area (Å²) in [6.07, 6.45) is 2.03.